The van der Waals surface area contributed by atoms with Gasteiger partial charge in [0.25, 0.3) is 0 Å². The van der Waals surface area contributed by atoms with Crippen LogP contribution >= 0.6 is 0 Å². The zero-order chi connectivity index (χ0) is 29.6. The van der Waals surface area contributed by atoms with Crippen molar-refractivity contribution in [1.29, 1.82) is 0 Å². The van der Waals surface area contributed by atoms with E-state index in [-0.39, 0.29) is 22.3 Å². The molecule has 0 heterocycles. The number of aryl methyl sites for hydroxylation is 1. The second-order valence-electron chi connectivity index (χ2n) is 9.43. The molecule has 2 rings (SSSR count). The van der Waals surface area contributed by atoms with E-state index in [9.17, 15) is 8.42 Å². The first-order valence-corrected chi connectivity index (χ1v) is 13.9. The third-order valence-electron chi connectivity index (χ3n) is 5.92. The maximum atomic E-state index is 12.6. The lowest BCUT2D eigenvalue weighted by Crippen LogP contribution is -2.47. The minimum absolute atomic E-state index is 0.113. The molecule has 0 aliphatic rings. The summed E-state index contributed by atoms with van der Waals surface area (Å²) in [4.78, 5) is 0.113. The molecule has 0 amide bonds. The highest BCUT2D eigenvalue weighted by atomic mass is 32.2. The van der Waals surface area contributed by atoms with Crippen molar-refractivity contribution in [2.45, 2.75) is 77.8 Å². The van der Waals surface area contributed by atoms with Crippen LogP contribution in [-0.4, -0.2) is 46.8 Å². The van der Waals surface area contributed by atoms with E-state index in [1.54, 1.807) is 24.3 Å². The fourth-order valence-electron chi connectivity index (χ4n) is 3.67. The molecule has 2 N–H and O–H groups in total. The average Bonchev–Trinajstić information content (AvgIpc) is 2.85. The van der Waals surface area contributed by atoms with Crippen molar-refractivity contribution in [3.63, 3.8) is 0 Å². The van der Waals surface area contributed by atoms with Crippen LogP contribution in [0.25, 0.3) is 0 Å². The molecule has 0 aromatic heterocycles. The summed E-state index contributed by atoms with van der Waals surface area (Å²) in [6.07, 6.45) is 1.06. The lowest BCUT2D eigenvalue weighted by atomic mass is 9.90. The number of benzene rings is 2. The van der Waals surface area contributed by atoms with Gasteiger partial charge in [0.2, 0.25) is 10.0 Å². The Kier molecular flexibility index (Phi) is 9.38. The molecule has 36 heavy (non-hydrogen) atoms. The molecule has 202 valence electrons. The van der Waals surface area contributed by atoms with Crippen LogP contribution in [-0.2, 0) is 16.4 Å². The van der Waals surface area contributed by atoms with E-state index in [0.29, 0.717) is 31.1 Å². The second-order valence-corrected chi connectivity index (χ2v) is 11.3. The number of sulfonamides is 1. The zero-order valence-corrected chi connectivity index (χ0v) is 23.6. The zero-order valence-electron chi connectivity index (χ0n) is 25.8. The van der Waals surface area contributed by atoms with Gasteiger partial charge in [0, 0.05) is 13.5 Å². The van der Waals surface area contributed by atoms with Crippen molar-refractivity contribution in [2.24, 2.45) is 5.89 Å². The fourth-order valence-corrected chi connectivity index (χ4v) is 4.59. The second kappa shape index (κ2) is 13.3. The van der Waals surface area contributed by atoms with Crippen LogP contribution in [0.2, 0.25) is 0 Å². The van der Waals surface area contributed by atoms with Gasteiger partial charge in [-0.25, -0.2) is 13.1 Å². The number of hydrogen-bond donors (Lipinski definition) is 2. The molecule has 0 aliphatic heterocycles. The van der Waals surface area contributed by atoms with Crippen molar-refractivity contribution < 1.29 is 26.7 Å². The molecule has 0 aliphatic carbocycles. The van der Waals surface area contributed by atoms with Crippen LogP contribution < -0.4 is 24.2 Å². The topological polar surface area (TPSA) is 85.9 Å². The predicted molar refractivity (Wildman–Crippen MR) is 146 cm³/mol. The lowest BCUT2D eigenvalue weighted by Gasteiger charge is -2.32. The van der Waals surface area contributed by atoms with Gasteiger partial charge in [-0.05, 0) is 82.8 Å². The number of rotatable bonds is 15. The molecular formula is C28H44N2O5S. The Morgan fingerprint density at radius 3 is 2.44 bits per heavy atom. The van der Waals surface area contributed by atoms with E-state index >= 15 is 0 Å². The maximum absolute atomic E-state index is 12.6. The minimum Gasteiger partial charge on any atom is -0.492 e. The molecule has 8 heteroatoms. The van der Waals surface area contributed by atoms with Gasteiger partial charge in [0.1, 0.15) is 16.7 Å². The van der Waals surface area contributed by atoms with Crippen molar-refractivity contribution >= 4 is 10.0 Å². The lowest BCUT2D eigenvalue weighted by molar-refractivity contribution is 0.179. The van der Waals surface area contributed by atoms with E-state index < -0.39 is 22.5 Å². The Labute approximate surface area is 222 Å². The highest BCUT2D eigenvalue weighted by Gasteiger charge is 2.26. The summed E-state index contributed by atoms with van der Waals surface area (Å²) in [5.74, 6) is -0.472. The van der Waals surface area contributed by atoms with Gasteiger partial charge in [-0.15, -0.1) is 0 Å². The minimum atomic E-state index is -3.69. The van der Waals surface area contributed by atoms with Gasteiger partial charge in [-0.2, -0.15) is 0 Å². The molecule has 0 saturated heterocycles. The maximum Gasteiger partial charge on any atom is 0.244 e. The first-order valence-electron chi connectivity index (χ1n) is 13.9. The molecule has 7 nitrogen and oxygen atoms in total. The van der Waals surface area contributed by atoms with Gasteiger partial charge < -0.3 is 19.5 Å². The highest BCUT2D eigenvalue weighted by molar-refractivity contribution is 7.89. The van der Waals surface area contributed by atoms with Crippen molar-refractivity contribution in [3.8, 4) is 17.2 Å². The van der Waals surface area contributed by atoms with E-state index in [2.05, 4.69) is 23.9 Å². The average molecular weight is 524 g/mol. The standard InChI is InChI=1S/C28H44N2O5S/c1-9-28(7,17-23-14-15-24(33-10-2)26(16-23)36(31,32)29-8)30-18-22(6)35-27-21(5)12-11-13-25(27)34-19-20(3)4/h11-16,20,22,29-30H,9-10,17-19H2,1-8H3/t22?,28-/m1/s1/i19D2,20D. The summed E-state index contributed by atoms with van der Waals surface area (Å²) in [6.45, 7) is 11.3. The van der Waals surface area contributed by atoms with Crippen LogP contribution in [0.15, 0.2) is 41.3 Å². The molecule has 1 unspecified atom stereocenters. The molecule has 0 bridgehead atoms. The monoisotopic (exact) mass is 523 g/mol. The van der Waals surface area contributed by atoms with Crippen molar-refractivity contribution in [1.82, 2.24) is 10.0 Å². The highest BCUT2D eigenvalue weighted by Crippen LogP contribution is 2.32. The fraction of sp³-hybridized carbons (Fsp3) is 0.571. The number of para-hydroxylation sites is 1. The van der Waals surface area contributed by atoms with Crippen LogP contribution in [0.3, 0.4) is 0 Å². The first-order chi connectivity index (χ1) is 18.0. The molecule has 0 radical (unpaired) electrons. The van der Waals surface area contributed by atoms with Gasteiger partial charge in [-0.1, -0.05) is 39.0 Å². The molecule has 0 saturated carbocycles. The van der Waals surface area contributed by atoms with E-state index in [0.717, 1.165) is 17.5 Å². The third kappa shape index (κ3) is 8.39. The Morgan fingerprint density at radius 2 is 1.83 bits per heavy atom. The van der Waals surface area contributed by atoms with Gasteiger partial charge in [0.05, 0.1) is 15.9 Å². The Balaban J connectivity index is 2.19. The predicted octanol–water partition coefficient (Wildman–Crippen LogP) is 5.10. The Bertz CT molecular complexity index is 1220. The quantitative estimate of drug-likeness (QED) is 0.338. The van der Waals surface area contributed by atoms with E-state index in [1.807, 2.05) is 32.9 Å². The van der Waals surface area contributed by atoms with Crippen LogP contribution in [0.4, 0.5) is 0 Å². The van der Waals surface area contributed by atoms with Gasteiger partial charge in [-0.3, -0.25) is 0 Å². The van der Waals surface area contributed by atoms with E-state index in [1.165, 1.54) is 20.9 Å². The van der Waals surface area contributed by atoms with Crippen LogP contribution in [0.1, 0.15) is 63.2 Å². The summed E-state index contributed by atoms with van der Waals surface area (Å²) in [5, 5.41) is 3.57. The van der Waals surface area contributed by atoms with Gasteiger partial charge >= 0.3 is 0 Å². The Morgan fingerprint density at radius 1 is 1.11 bits per heavy atom. The smallest absolute Gasteiger partial charge is 0.244 e. The Hall–Kier alpha value is -2.29. The number of ether oxygens (including phenoxy) is 3. The summed E-state index contributed by atoms with van der Waals surface area (Å²) in [7, 11) is -2.31. The summed E-state index contributed by atoms with van der Waals surface area (Å²) in [6, 6.07) is 10.5. The molecular weight excluding hydrogens is 476 g/mol. The molecule has 0 spiro atoms. The largest absolute Gasteiger partial charge is 0.492 e. The number of nitrogens with one attached hydrogen (secondary N) is 2. The van der Waals surface area contributed by atoms with Gasteiger partial charge in [0.15, 0.2) is 11.5 Å². The summed E-state index contributed by atoms with van der Waals surface area (Å²) in [5.41, 5.74) is 1.29. The molecule has 0 fully saturated rings. The molecule has 2 atom stereocenters. The summed E-state index contributed by atoms with van der Waals surface area (Å²) >= 11 is 0. The molecule has 2 aromatic carbocycles. The van der Waals surface area contributed by atoms with Crippen LogP contribution in [0.5, 0.6) is 17.2 Å². The normalized spacial score (nSPS) is 16.3. The van der Waals surface area contributed by atoms with Crippen molar-refractivity contribution in [2.75, 3.05) is 26.8 Å². The first kappa shape index (κ1) is 25.4. The molecule has 2 aromatic rings. The van der Waals surface area contributed by atoms with Crippen molar-refractivity contribution in [3.05, 3.63) is 47.5 Å². The third-order valence-corrected chi connectivity index (χ3v) is 7.35. The summed E-state index contributed by atoms with van der Waals surface area (Å²) < 4.78 is 69.5. The SMILES string of the molecule is [2H]C(C)(C)C([2H])([2H])Oc1cccc(C)c1OC(C)CN[C@](C)(CC)Cc1ccc(OCC)c(S(=O)(=O)NC)c1. The number of hydrogen-bond acceptors (Lipinski definition) is 6. The van der Waals surface area contributed by atoms with E-state index in [4.69, 9.17) is 18.3 Å². The van der Waals surface area contributed by atoms with Crippen LogP contribution in [0, 0.1) is 12.8 Å².